The van der Waals surface area contributed by atoms with Crippen molar-refractivity contribution in [2.24, 2.45) is 11.5 Å². The first kappa shape index (κ1) is 12.5. The lowest BCUT2D eigenvalue weighted by Crippen LogP contribution is -2.31. The van der Waals surface area contributed by atoms with Crippen molar-refractivity contribution in [1.29, 1.82) is 10.8 Å². The molecule has 6 nitrogen and oxygen atoms in total. The minimum atomic E-state index is 0.0108. The first-order chi connectivity index (χ1) is 6.63. The number of hydrogen-bond acceptors (Lipinski definition) is 2. The first-order valence-electron chi connectivity index (χ1n) is 4.60. The molecule has 0 aromatic heterocycles. The Labute approximate surface area is 84.4 Å². The maximum Gasteiger partial charge on any atom is 0.185 e. The van der Waals surface area contributed by atoms with Crippen LogP contribution in [0.3, 0.4) is 0 Å². The molecule has 1 radical (unpaired) electrons. The summed E-state index contributed by atoms with van der Waals surface area (Å²) in [5, 5.41) is 19.2. The zero-order chi connectivity index (χ0) is 10.8. The average molecular weight is 199 g/mol. The summed E-state index contributed by atoms with van der Waals surface area (Å²) in [4.78, 5) is 0. The van der Waals surface area contributed by atoms with Gasteiger partial charge in [-0.15, -0.1) is 0 Å². The standard InChI is InChI=1S/C8H19N6/c9-7(10)13-5-3-1-2-4-6-14-8(11)12/h1H,2-6H2,(H4,9,10,13)(H4,11,12,14). The summed E-state index contributed by atoms with van der Waals surface area (Å²) in [6, 6.07) is 0. The molecule has 0 saturated carbocycles. The van der Waals surface area contributed by atoms with E-state index in [1.54, 1.807) is 0 Å². The summed E-state index contributed by atoms with van der Waals surface area (Å²) in [5.41, 5.74) is 10.2. The normalized spacial score (nSPS) is 9.43. The summed E-state index contributed by atoms with van der Waals surface area (Å²) in [5.74, 6) is 0.0277. The highest BCUT2D eigenvalue weighted by Gasteiger charge is 1.92. The van der Waals surface area contributed by atoms with Gasteiger partial charge in [0.2, 0.25) is 0 Å². The Morgan fingerprint density at radius 2 is 1.57 bits per heavy atom. The molecule has 0 amide bonds. The first-order valence-corrected chi connectivity index (χ1v) is 4.60. The van der Waals surface area contributed by atoms with E-state index in [0.29, 0.717) is 6.54 Å². The second-order valence-corrected chi connectivity index (χ2v) is 2.90. The molecule has 8 N–H and O–H groups in total. The van der Waals surface area contributed by atoms with Crippen molar-refractivity contribution in [3.05, 3.63) is 6.42 Å². The van der Waals surface area contributed by atoms with Crippen LogP contribution < -0.4 is 22.1 Å². The number of rotatable bonds is 7. The van der Waals surface area contributed by atoms with Gasteiger partial charge in [-0.3, -0.25) is 10.8 Å². The van der Waals surface area contributed by atoms with E-state index in [4.69, 9.17) is 22.3 Å². The molecule has 0 aromatic carbocycles. The van der Waals surface area contributed by atoms with Crippen LogP contribution in [0.25, 0.3) is 0 Å². The van der Waals surface area contributed by atoms with E-state index in [-0.39, 0.29) is 11.9 Å². The molecule has 0 aromatic rings. The van der Waals surface area contributed by atoms with Crippen LogP contribution in [-0.2, 0) is 0 Å². The summed E-state index contributed by atoms with van der Waals surface area (Å²) in [6.45, 7) is 1.43. The van der Waals surface area contributed by atoms with Crippen LogP contribution >= 0.6 is 0 Å². The van der Waals surface area contributed by atoms with E-state index in [9.17, 15) is 0 Å². The quantitative estimate of drug-likeness (QED) is 0.185. The molecular formula is C8H19N6. The fourth-order valence-electron chi connectivity index (χ4n) is 0.923. The lowest BCUT2D eigenvalue weighted by atomic mass is 10.2. The second-order valence-electron chi connectivity index (χ2n) is 2.90. The molecule has 0 aliphatic carbocycles. The number of guanidine groups is 2. The maximum atomic E-state index is 6.90. The van der Waals surface area contributed by atoms with Crippen LogP contribution in [0, 0.1) is 17.2 Å². The van der Waals surface area contributed by atoms with E-state index < -0.39 is 0 Å². The van der Waals surface area contributed by atoms with Crippen molar-refractivity contribution in [3.63, 3.8) is 0 Å². The molecule has 0 atom stereocenters. The van der Waals surface area contributed by atoms with E-state index in [1.807, 2.05) is 0 Å². The Morgan fingerprint density at radius 1 is 1.00 bits per heavy atom. The van der Waals surface area contributed by atoms with Crippen molar-refractivity contribution in [2.75, 3.05) is 13.1 Å². The molecule has 0 saturated heterocycles. The molecule has 0 aliphatic rings. The Kier molecular flexibility index (Phi) is 7.30. The smallest absolute Gasteiger partial charge is 0.185 e. The van der Waals surface area contributed by atoms with Crippen LogP contribution in [0.15, 0.2) is 0 Å². The van der Waals surface area contributed by atoms with Gasteiger partial charge in [-0.1, -0.05) is 0 Å². The van der Waals surface area contributed by atoms with Crippen LogP contribution in [0.5, 0.6) is 0 Å². The Morgan fingerprint density at radius 3 is 2.14 bits per heavy atom. The predicted octanol–water partition coefficient (Wildman–Crippen LogP) is -0.673. The number of hydrogen-bond donors (Lipinski definition) is 6. The van der Waals surface area contributed by atoms with Gasteiger partial charge in [-0.2, -0.15) is 0 Å². The van der Waals surface area contributed by atoms with E-state index in [2.05, 4.69) is 17.1 Å². The molecule has 0 aliphatic heterocycles. The lowest BCUT2D eigenvalue weighted by molar-refractivity contribution is 0.719. The van der Waals surface area contributed by atoms with Crippen LogP contribution in [0.4, 0.5) is 0 Å². The van der Waals surface area contributed by atoms with E-state index in [0.717, 1.165) is 25.8 Å². The average Bonchev–Trinajstić information content (AvgIpc) is 2.08. The summed E-state index contributed by atoms with van der Waals surface area (Å²) in [6.07, 6.45) is 4.94. The topological polar surface area (TPSA) is 124 Å². The van der Waals surface area contributed by atoms with Crippen molar-refractivity contribution in [3.8, 4) is 0 Å². The third-order valence-electron chi connectivity index (χ3n) is 1.56. The number of nitrogens with two attached hydrogens (primary N) is 2. The third kappa shape index (κ3) is 10.5. The van der Waals surface area contributed by atoms with Gasteiger partial charge < -0.3 is 22.1 Å². The monoisotopic (exact) mass is 199 g/mol. The highest BCUT2D eigenvalue weighted by molar-refractivity contribution is 5.74. The van der Waals surface area contributed by atoms with Crippen molar-refractivity contribution < 1.29 is 0 Å². The third-order valence-corrected chi connectivity index (χ3v) is 1.56. The zero-order valence-electron chi connectivity index (χ0n) is 8.27. The maximum absolute atomic E-state index is 6.90. The molecule has 0 heterocycles. The lowest BCUT2D eigenvalue weighted by Gasteiger charge is -2.04. The van der Waals surface area contributed by atoms with Gasteiger partial charge in [-0.05, 0) is 25.7 Å². The highest BCUT2D eigenvalue weighted by atomic mass is 15.0. The Balaban J connectivity index is 2.99. The molecule has 0 spiro atoms. The summed E-state index contributed by atoms with van der Waals surface area (Å²) < 4.78 is 0. The minimum absolute atomic E-state index is 0.0108. The van der Waals surface area contributed by atoms with Gasteiger partial charge in [0.25, 0.3) is 0 Å². The molecule has 0 rings (SSSR count). The van der Waals surface area contributed by atoms with Gasteiger partial charge in [0.1, 0.15) is 0 Å². The van der Waals surface area contributed by atoms with Gasteiger partial charge in [0.05, 0.1) is 0 Å². The molecule has 81 valence electrons. The molecule has 0 unspecified atom stereocenters. The zero-order valence-corrected chi connectivity index (χ0v) is 8.27. The highest BCUT2D eigenvalue weighted by Crippen LogP contribution is 1.95. The Hall–Kier alpha value is -1.46. The van der Waals surface area contributed by atoms with Crippen molar-refractivity contribution >= 4 is 11.9 Å². The molecule has 0 fully saturated rings. The minimum Gasteiger partial charge on any atom is -0.370 e. The molecule has 0 bridgehead atoms. The molecule has 6 heteroatoms. The predicted molar refractivity (Wildman–Crippen MR) is 58.0 cm³/mol. The van der Waals surface area contributed by atoms with Crippen molar-refractivity contribution in [2.45, 2.75) is 19.3 Å². The number of unbranched alkanes of at least 4 members (excludes halogenated alkanes) is 3. The number of nitrogens with one attached hydrogen (secondary N) is 4. The summed E-state index contributed by atoms with van der Waals surface area (Å²) >= 11 is 0. The van der Waals surface area contributed by atoms with Crippen LogP contribution in [0.2, 0.25) is 0 Å². The van der Waals surface area contributed by atoms with Gasteiger partial charge >= 0.3 is 0 Å². The van der Waals surface area contributed by atoms with E-state index in [1.165, 1.54) is 0 Å². The second kappa shape index (κ2) is 8.15. The SMILES string of the molecule is N=C(N)NCC[CH]CCCNC(=N)N. The van der Waals surface area contributed by atoms with Crippen molar-refractivity contribution in [1.82, 2.24) is 10.6 Å². The largest absolute Gasteiger partial charge is 0.370 e. The Bertz CT molecular complexity index is 159. The fourth-order valence-corrected chi connectivity index (χ4v) is 0.923. The molecular weight excluding hydrogens is 180 g/mol. The molecule has 14 heavy (non-hydrogen) atoms. The van der Waals surface area contributed by atoms with Crippen LogP contribution in [0.1, 0.15) is 19.3 Å². The fraction of sp³-hybridized carbons (Fsp3) is 0.625. The van der Waals surface area contributed by atoms with Gasteiger partial charge in [0.15, 0.2) is 11.9 Å². The van der Waals surface area contributed by atoms with E-state index >= 15 is 0 Å². The van der Waals surface area contributed by atoms with Gasteiger partial charge in [0, 0.05) is 13.1 Å². The van der Waals surface area contributed by atoms with Crippen LogP contribution in [-0.4, -0.2) is 25.0 Å². The summed E-state index contributed by atoms with van der Waals surface area (Å²) in [7, 11) is 0. The van der Waals surface area contributed by atoms with Gasteiger partial charge in [-0.25, -0.2) is 0 Å².